The second-order valence-electron chi connectivity index (χ2n) is 5.81. The summed E-state index contributed by atoms with van der Waals surface area (Å²) >= 11 is 1.52. The SMILES string of the molecule is Cl.NCCc1nc(C(=O)NCC2CC3CCC2C3)cs1. The monoisotopic (exact) mass is 315 g/mol. The van der Waals surface area contributed by atoms with E-state index in [1.807, 2.05) is 5.38 Å². The van der Waals surface area contributed by atoms with Crippen molar-refractivity contribution in [1.29, 1.82) is 0 Å². The number of halogens is 1. The molecule has 2 fully saturated rings. The number of nitrogens with zero attached hydrogens (tertiary/aromatic N) is 1. The maximum absolute atomic E-state index is 12.0. The molecule has 1 aromatic heterocycles. The molecule has 3 atom stereocenters. The van der Waals surface area contributed by atoms with Crippen LogP contribution in [0, 0.1) is 17.8 Å². The van der Waals surface area contributed by atoms with Crippen LogP contribution in [-0.2, 0) is 6.42 Å². The number of aromatic nitrogens is 1. The molecule has 0 aromatic carbocycles. The lowest BCUT2D eigenvalue weighted by molar-refractivity contribution is 0.0937. The molecule has 1 heterocycles. The van der Waals surface area contributed by atoms with E-state index in [0.717, 1.165) is 29.8 Å². The van der Waals surface area contributed by atoms with Crippen LogP contribution in [0.4, 0.5) is 0 Å². The molecule has 0 spiro atoms. The van der Waals surface area contributed by atoms with Gasteiger partial charge in [0.15, 0.2) is 0 Å². The minimum Gasteiger partial charge on any atom is -0.350 e. The number of nitrogens with two attached hydrogens (primary N) is 1. The number of amides is 1. The number of rotatable bonds is 5. The molecular weight excluding hydrogens is 294 g/mol. The standard InChI is InChI=1S/C14H21N3OS.ClH/c15-4-3-13-17-12(8-19-13)14(18)16-7-11-6-9-1-2-10(11)5-9;/h8-11H,1-7,15H2,(H,16,18);1H. The largest absolute Gasteiger partial charge is 0.350 e. The van der Waals surface area contributed by atoms with Gasteiger partial charge >= 0.3 is 0 Å². The number of carbonyl (C=O) groups is 1. The molecule has 3 N–H and O–H groups in total. The number of carbonyl (C=O) groups excluding carboxylic acids is 1. The van der Waals surface area contributed by atoms with Crippen molar-refractivity contribution >= 4 is 29.7 Å². The minimum atomic E-state index is -0.0257. The zero-order valence-electron chi connectivity index (χ0n) is 11.5. The molecule has 2 aliphatic rings. The first-order valence-corrected chi connectivity index (χ1v) is 8.07. The average Bonchev–Trinajstić information content (AvgIpc) is 3.12. The quantitative estimate of drug-likeness (QED) is 0.875. The molecule has 20 heavy (non-hydrogen) atoms. The van der Waals surface area contributed by atoms with Gasteiger partial charge in [-0.1, -0.05) is 6.42 Å². The van der Waals surface area contributed by atoms with Gasteiger partial charge in [-0.15, -0.1) is 23.7 Å². The lowest BCUT2D eigenvalue weighted by Gasteiger charge is -2.21. The van der Waals surface area contributed by atoms with E-state index in [1.54, 1.807) is 0 Å². The summed E-state index contributed by atoms with van der Waals surface area (Å²) in [5.74, 6) is 2.46. The van der Waals surface area contributed by atoms with Crippen LogP contribution >= 0.6 is 23.7 Å². The Hall–Kier alpha value is -0.650. The van der Waals surface area contributed by atoms with Gasteiger partial charge in [-0.25, -0.2) is 4.98 Å². The normalized spacial score (nSPS) is 27.4. The summed E-state index contributed by atoms with van der Waals surface area (Å²) in [6.45, 7) is 1.41. The van der Waals surface area contributed by atoms with E-state index in [9.17, 15) is 4.79 Å². The Morgan fingerprint density at radius 1 is 1.45 bits per heavy atom. The molecule has 1 aromatic rings. The van der Waals surface area contributed by atoms with Crippen LogP contribution in [-0.4, -0.2) is 24.0 Å². The van der Waals surface area contributed by atoms with Crippen molar-refractivity contribution < 1.29 is 4.79 Å². The Bertz CT molecular complexity index is 465. The van der Waals surface area contributed by atoms with Gasteiger partial charge in [-0.2, -0.15) is 0 Å². The Kier molecular flexibility index (Phi) is 5.41. The van der Waals surface area contributed by atoms with E-state index < -0.39 is 0 Å². The van der Waals surface area contributed by atoms with Crippen molar-refractivity contribution in [2.45, 2.75) is 32.1 Å². The summed E-state index contributed by atoms with van der Waals surface area (Å²) in [5.41, 5.74) is 6.04. The molecule has 2 bridgehead atoms. The number of hydrogen-bond donors (Lipinski definition) is 2. The fourth-order valence-electron chi connectivity index (χ4n) is 3.59. The molecule has 3 unspecified atom stereocenters. The summed E-state index contributed by atoms with van der Waals surface area (Å²) in [7, 11) is 0. The van der Waals surface area contributed by atoms with Gasteiger partial charge in [0.1, 0.15) is 5.69 Å². The van der Waals surface area contributed by atoms with Crippen LogP contribution in [0.25, 0.3) is 0 Å². The second-order valence-corrected chi connectivity index (χ2v) is 6.75. The topological polar surface area (TPSA) is 68.0 Å². The van der Waals surface area contributed by atoms with Crippen molar-refractivity contribution in [2.24, 2.45) is 23.5 Å². The van der Waals surface area contributed by atoms with Crippen molar-refractivity contribution in [3.63, 3.8) is 0 Å². The third-order valence-electron chi connectivity index (χ3n) is 4.55. The average molecular weight is 316 g/mol. The highest BCUT2D eigenvalue weighted by atomic mass is 35.5. The van der Waals surface area contributed by atoms with E-state index in [4.69, 9.17) is 5.73 Å². The lowest BCUT2D eigenvalue weighted by Crippen LogP contribution is -2.31. The zero-order chi connectivity index (χ0) is 13.2. The number of fused-ring (bicyclic) bond motifs is 2. The van der Waals surface area contributed by atoms with E-state index in [-0.39, 0.29) is 18.3 Å². The summed E-state index contributed by atoms with van der Waals surface area (Å²) in [6.07, 6.45) is 6.22. The summed E-state index contributed by atoms with van der Waals surface area (Å²) in [6, 6.07) is 0. The third-order valence-corrected chi connectivity index (χ3v) is 5.46. The highest BCUT2D eigenvalue weighted by Crippen LogP contribution is 2.47. The Morgan fingerprint density at radius 3 is 2.95 bits per heavy atom. The smallest absolute Gasteiger partial charge is 0.270 e. The van der Waals surface area contributed by atoms with Gasteiger partial charge in [0.05, 0.1) is 5.01 Å². The molecular formula is C14H22ClN3OS. The highest BCUT2D eigenvalue weighted by molar-refractivity contribution is 7.09. The number of thiazole rings is 1. The van der Waals surface area contributed by atoms with Crippen molar-refractivity contribution in [2.75, 3.05) is 13.1 Å². The third kappa shape index (κ3) is 3.32. The molecule has 0 saturated heterocycles. The van der Waals surface area contributed by atoms with Crippen molar-refractivity contribution in [3.8, 4) is 0 Å². The molecule has 2 aliphatic carbocycles. The molecule has 1 amide bonds. The summed E-state index contributed by atoms with van der Waals surface area (Å²) in [5, 5.41) is 5.84. The number of nitrogens with one attached hydrogen (secondary N) is 1. The van der Waals surface area contributed by atoms with Crippen LogP contribution in [0.3, 0.4) is 0 Å². The molecule has 3 rings (SSSR count). The van der Waals surface area contributed by atoms with Gasteiger partial charge in [-0.05, 0) is 43.6 Å². The van der Waals surface area contributed by atoms with Crippen LogP contribution in [0.5, 0.6) is 0 Å². The summed E-state index contributed by atoms with van der Waals surface area (Å²) in [4.78, 5) is 16.3. The van der Waals surface area contributed by atoms with Gasteiger partial charge in [-0.3, -0.25) is 4.79 Å². The second kappa shape index (κ2) is 6.87. The maximum Gasteiger partial charge on any atom is 0.270 e. The Balaban J connectivity index is 0.00000147. The molecule has 2 saturated carbocycles. The number of hydrogen-bond acceptors (Lipinski definition) is 4. The fourth-order valence-corrected chi connectivity index (χ4v) is 4.39. The Labute approximate surface area is 129 Å². The van der Waals surface area contributed by atoms with E-state index in [0.29, 0.717) is 18.2 Å². The van der Waals surface area contributed by atoms with Crippen LogP contribution in [0.2, 0.25) is 0 Å². The first kappa shape index (κ1) is 15.7. The molecule has 4 nitrogen and oxygen atoms in total. The van der Waals surface area contributed by atoms with Crippen molar-refractivity contribution in [3.05, 3.63) is 16.1 Å². The van der Waals surface area contributed by atoms with E-state index in [1.165, 1.54) is 37.0 Å². The fraction of sp³-hybridized carbons (Fsp3) is 0.714. The molecule has 112 valence electrons. The van der Waals surface area contributed by atoms with Gasteiger partial charge in [0, 0.05) is 18.3 Å². The maximum atomic E-state index is 12.0. The molecule has 0 radical (unpaired) electrons. The van der Waals surface area contributed by atoms with Gasteiger partial charge in [0.2, 0.25) is 0 Å². The first-order chi connectivity index (χ1) is 9.26. The van der Waals surface area contributed by atoms with Gasteiger partial charge in [0.25, 0.3) is 5.91 Å². The zero-order valence-corrected chi connectivity index (χ0v) is 13.1. The van der Waals surface area contributed by atoms with Crippen LogP contribution < -0.4 is 11.1 Å². The summed E-state index contributed by atoms with van der Waals surface area (Å²) < 4.78 is 0. The molecule has 6 heteroatoms. The molecule has 0 aliphatic heterocycles. The van der Waals surface area contributed by atoms with Gasteiger partial charge < -0.3 is 11.1 Å². The van der Waals surface area contributed by atoms with E-state index in [2.05, 4.69) is 10.3 Å². The predicted octanol–water partition coefficient (Wildman–Crippen LogP) is 2.23. The predicted molar refractivity (Wildman–Crippen MR) is 83.4 cm³/mol. The first-order valence-electron chi connectivity index (χ1n) is 7.19. The highest BCUT2D eigenvalue weighted by Gasteiger charge is 2.39. The van der Waals surface area contributed by atoms with Crippen LogP contribution in [0.15, 0.2) is 5.38 Å². The lowest BCUT2D eigenvalue weighted by atomic mass is 9.89. The Morgan fingerprint density at radius 2 is 2.30 bits per heavy atom. The van der Waals surface area contributed by atoms with Crippen LogP contribution in [0.1, 0.15) is 41.2 Å². The van der Waals surface area contributed by atoms with E-state index >= 15 is 0 Å². The minimum absolute atomic E-state index is 0. The van der Waals surface area contributed by atoms with Crippen molar-refractivity contribution in [1.82, 2.24) is 10.3 Å².